The van der Waals surface area contributed by atoms with E-state index in [1.54, 1.807) is 0 Å². The number of benzene rings is 1. The van der Waals surface area contributed by atoms with Crippen LogP contribution in [0, 0.1) is 0 Å². The van der Waals surface area contributed by atoms with Crippen LogP contribution in [0.4, 0.5) is 5.69 Å². The van der Waals surface area contributed by atoms with Crippen molar-refractivity contribution in [2.45, 2.75) is 9.79 Å². The zero-order valence-electron chi connectivity index (χ0n) is 9.31. The highest BCUT2D eigenvalue weighted by atomic mass is 32.2. The molecule has 0 heterocycles. The highest BCUT2D eigenvalue weighted by Crippen LogP contribution is 2.28. The summed E-state index contributed by atoms with van der Waals surface area (Å²) in [6.07, 6.45) is 0. The van der Waals surface area contributed by atoms with Crippen molar-refractivity contribution in [3.05, 3.63) is 30.2 Å². The Morgan fingerprint density at radius 3 is 2.33 bits per heavy atom. The third kappa shape index (κ3) is 3.00. The van der Waals surface area contributed by atoms with Crippen LogP contribution in [-0.2, 0) is 20.0 Å². The van der Waals surface area contributed by atoms with E-state index in [4.69, 9.17) is 4.55 Å². The van der Waals surface area contributed by atoms with Crippen molar-refractivity contribution >= 4 is 25.6 Å². The van der Waals surface area contributed by atoms with Crippen molar-refractivity contribution in [2.75, 3.05) is 7.05 Å². The molecule has 0 amide bonds. The van der Waals surface area contributed by atoms with E-state index in [1.807, 2.05) is 0 Å². The van der Waals surface area contributed by atoms with Crippen molar-refractivity contribution in [3.8, 4) is 0 Å². The first-order valence-corrected chi connectivity index (χ1v) is 7.50. The van der Waals surface area contributed by atoms with Gasteiger partial charge in [0.25, 0.3) is 10.1 Å². The third-order valence-corrected chi connectivity index (χ3v) is 4.20. The maximum Gasteiger partial charge on any atom is 0.296 e. The van der Waals surface area contributed by atoms with Crippen LogP contribution in [-0.4, -0.2) is 28.4 Å². The number of nitrogens with zero attached hydrogens (tertiary/aromatic N) is 2. The lowest BCUT2D eigenvalue weighted by atomic mass is 10.3. The van der Waals surface area contributed by atoms with E-state index in [0.717, 1.165) is 18.2 Å². The van der Waals surface area contributed by atoms with Gasteiger partial charge in [0.2, 0.25) is 0 Å². The van der Waals surface area contributed by atoms with Gasteiger partial charge in [-0.2, -0.15) is 18.6 Å². The highest BCUT2D eigenvalue weighted by Gasteiger charge is 2.20. The average molecular weight is 290 g/mol. The molecule has 0 aromatic heterocycles. The van der Waals surface area contributed by atoms with Crippen LogP contribution in [0.1, 0.15) is 0 Å². The normalized spacial score (nSPS) is 12.8. The van der Waals surface area contributed by atoms with Gasteiger partial charge >= 0.3 is 0 Å². The lowest BCUT2D eigenvalue weighted by Crippen LogP contribution is -2.02. The van der Waals surface area contributed by atoms with E-state index in [9.17, 15) is 16.8 Å². The molecular formula is C9H10N2O5S2. The molecule has 0 spiro atoms. The number of rotatable bonds is 4. The zero-order valence-corrected chi connectivity index (χ0v) is 10.9. The fourth-order valence-electron chi connectivity index (χ4n) is 1.16. The van der Waals surface area contributed by atoms with Gasteiger partial charge < -0.3 is 0 Å². The van der Waals surface area contributed by atoms with Crippen LogP contribution in [0.15, 0.2) is 50.2 Å². The molecule has 0 fully saturated rings. The summed E-state index contributed by atoms with van der Waals surface area (Å²) in [5.41, 5.74) is -0.150. The molecule has 1 aromatic rings. The molecule has 0 saturated heterocycles. The molecule has 0 unspecified atom stereocenters. The molecular weight excluding hydrogens is 280 g/mol. The molecule has 1 N–H and O–H groups in total. The van der Waals surface area contributed by atoms with E-state index in [2.05, 4.69) is 16.8 Å². The summed E-state index contributed by atoms with van der Waals surface area (Å²) in [5, 5.41) is 7.54. The van der Waals surface area contributed by atoms with Crippen LogP contribution >= 0.6 is 0 Å². The first-order chi connectivity index (χ1) is 8.22. The molecule has 0 aliphatic heterocycles. The second-order valence-electron chi connectivity index (χ2n) is 3.12. The van der Waals surface area contributed by atoms with Gasteiger partial charge in [-0.15, -0.1) is 0 Å². The molecule has 0 saturated carbocycles. The summed E-state index contributed by atoms with van der Waals surface area (Å²) in [6.45, 7) is 3.12. The van der Waals surface area contributed by atoms with E-state index in [0.29, 0.717) is 5.41 Å². The van der Waals surface area contributed by atoms with Gasteiger partial charge in [0.15, 0.2) is 9.84 Å². The lowest BCUT2D eigenvalue weighted by Gasteiger charge is -2.04. The van der Waals surface area contributed by atoms with E-state index < -0.39 is 24.9 Å². The minimum atomic E-state index is -4.60. The minimum absolute atomic E-state index is 0.150. The van der Waals surface area contributed by atoms with Gasteiger partial charge in [-0.05, 0) is 18.2 Å². The van der Waals surface area contributed by atoms with Crippen LogP contribution in [0.2, 0.25) is 0 Å². The first-order valence-electron chi connectivity index (χ1n) is 4.51. The van der Waals surface area contributed by atoms with Crippen molar-refractivity contribution in [1.82, 2.24) is 0 Å². The van der Waals surface area contributed by atoms with Crippen molar-refractivity contribution in [1.29, 1.82) is 0 Å². The number of hydrogen-bond donors (Lipinski definition) is 1. The Labute approximate surface area is 105 Å². The number of hydrogen-bond acceptors (Lipinski definition) is 6. The van der Waals surface area contributed by atoms with Gasteiger partial charge in [0.1, 0.15) is 10.6 Å². The van der Waals surface area contributed by atoms with Crippen LogP contribution < -0.4 is 0 Å². The molecule has 7 nitrogen and oxygen atoms in total. The SMILES string of the molecule is C=CS(=O)(=O)c1ccc(N=NC)c(S(=O)(=O)O)c1. The molecule has 1 aromatic carbocycles. The molecule has 1 rings (SSSR count). The molecule has 98 valence electrons. The standard InChI is InChI=1S/C9H10N2O5S2/c1-3-17(12,13)7-4-5-8(11-10-2)9(6-7)18(14,15)16/h3-6H,1H2,2H3,(H,14,15,16). The predicted molar refractivity (Wildman–Crippen MR) is 64.1 cm³/mol. The Hall–Kier alpha value is -1.58. The largest absolute Gasteiger partial charge is 0.296 e. The molecule has 0 aliphatic carbocycles. The first kappa shape index (κ1) is 14.5. The van der Waals surface area contributed by atoms with Gasteiger partial charge in [0.05, 0.1) is 4.90 Å². The topological polar surface area (TPSA) is 113 Å². The molecule has 0 aliphatic rings. The summed E-state index contributed by atoms with van der Waals surface area (Å²) < 4.78 is 54.3. The summed E-state index contributed by atoms with van der Waals surface area (Å²) in [6, 6.07) is 3.08. The quantitative estimate of drug-likeness (QED) is 0.667. The van der Waals surface area contributed by atoms with Crippen LogP contribution in [0.25, 0.3) is 0 Å². The van der Waals surface area contributed by atoms with Gasteiger partial charge in [-0.1, -0.05) is 6.58 Å². The van der Waals surface area contributed by atoms with E-state index in [-0.39, 0.29) is 10.6 Å². The maximum atomic E-state index is 11.5. The van der Waals surface area contributed by atoms with Crippen molar-refractivity contribution < 1.29 is 21.4 Å². The molecule has 0 radical (unpaired) electrons. The Kier molecular flexibility index (Phi) is 3.99. The smallest absolute Gasteiger partial charge is 0.282 e. The second kappa shape index (κ2) is 4.96. The van der Waals surface area contributed by atoms with Crippen molar-refractivity contribution in [2.24, 2.45) is 10.2 Å². The van der Waals surface area contributed by atoms with Crippen molar-refractivity contribution in [3.63, 3.8) is 0 Å². The molecule has 0 atom stereocenters. The molecule has 0 bridgehead atoms. The predicted octanol–water partition coefficient (Wildman–Crippen LogP) is 1.56. The molecule has 9 heteroatoms. The zero-order chi connectivity index (χ0) is 14.0. The van der Waals surface area contributed by atoms with Crippen LogP contribution in [0.5, 0.6) is 0 Å². The van der Waals surface area contributed by atoms with Gasteiger partial charge in [0, 0.05) is 12.5 Å². The Morgan fingerprint density at radius 2 is 1.89 bits per heavy atom. The Bertz CT molecular complexity index is 704. The number of azo groups is 1. The van der Waals surface area contributed by atoms with Gasteiger partial charge in [-0.3, -0.25) is 4.55 Å². The number of sulfone groups is 1. The summed E-state index contributed by atoms with van der Waals surface area (Å²) in [7, 11) is -7.09. The average Bonchev–Trinajstić information content (AvgIpc) is 2.28. The fraction of sp³-hybridized carbons (Fsp3) is 0.111. The minimum Gasteiger partial charge on any atom is -0.282 e. The van der Waals surface area contributed by atoms with E-state index >= 15 is 0 Å². The third-order valence-electron chi connectivity index (χ3n) is 1.96. The van der Waals surface area contributed by atoms with E-state index in [1.165, 1.54) is 7.05 Å². The second-order valence-corrected chi connectivity index (χ2v) is 6.40. The Balaban J connectivity index is 3.65. The summed E-state index contributed by atoms with van der Waals surface area (Å²) in [4.78, 5) is -0.934. The molecule has 18 heavy (non-hydrogen) atoms. The lowest BCUT2D eigenvalue weighted by molar-refractivity contribution is 0.483. The Morgan fingerprint density at radius 1 is 1.28 bits per heavy atom. The highest BCUT2D eigenvalue weighted by molar-refractivity contribution is 7.94. The monoisotopic (exact) mass is 290 g/mol. The fourth-order valence-corrected chi connectivity index (χ4v) is 2.62. The summed E-state index contributed by atoms with van der Waals surface area (Å²) >= 11 is 0. The summed E-state index contributed by atoms with van der Waals surface area (Å²) in [5.74, 6) is 0. The van der Waals surface area contributed by atoms with Gasteiger partial charge in [-0.25, -0.2) is 8.42 Å². The maximum absolute atomic E-state index is 11.5. The van der Waals surface area contributed by atoms with Crippen LogP contribution in [0.3, 0.4) is 0 Å².